The van der Waals surface area contributed by atoms with Gasteiger partial charge in [-0.1, -0.05) is 20.3 Å². The van der Waals surface area contributed by atoms with Gasteiger partial charge in [-0.15, -0.1) is 0 Å². The maximum absolute atomic E-state index is 12.7. The van der Waals surface area contributed by atoms with E-state index in [-0.39, 0.29) is 11.8 Å². The number of piperazine rings is 1. The van der Waals surface area contributed by atoms with Crippen LogP contribution in [0.15, 0.2) is 0 Å². The van der Waals surface area contributed by atoms with Gasteiger partial charge in [-0.3, -0.25) is 9.59 Å². The normalized spacial score (nSPS) is 26.0. The molecule has 4 nitrogen and oxygen atoms in total. The van der Waals surface area contributed by atoms with Crippen molar-refractivity contribution in [1.82, 2.24) is 10.2 Å². The van der Waals surface area contributed by atoms with E-state index in [4.69, 9.17) is 0 Å². The van der Waals surface area contributed by atoms with Gasteiger partial charge in [0.15, 0.2) is 0 Å². The lowest BCUT2D eigenvalue weighted by molar-refractivity contribution is -0.164. The Morgan fingerprint density at radius 1 is 1.21 bits per heavy atom. The molecule has 1 saturated heterocycles. The summed E-state index contributed by atoms with van der Waals surface area (Å²) in [5, 5.41) is 2.91. The molecule has 0 unspecified atom stereocenters. The topological polar surface area (TPSA) is 49.4 Å². The van der Waals surface area contributed by atoms with E-state index < -0.39 is 11.1 Å². The molecule has 2 rings (SSSR count). The Labute approximate surface area is 115 Å². The number of amides is 2. The Morgan fingerprint density at radius 3 is 2.21 bits per heavy atom. The first-order valence-electron chi connectivity index (χ1n) is 7.52. The number of carbonyl (C=O) groups excluding carboxylic acids is 2. The van der Waals surface area contributed by atoms with Crippen LogP contribution in [0.4, 0.5) is 0 Å². The van der Waals surface area contributed by atoms with Crippen LogP contribution in [0.3, 0.4) is 0 Å². The van der Waals surface area contributed by atoms with Crippen molar-refractivity contribution in [3.63, 3.8) is 0 Å². The minimum atomic E-state index is -0.769. The van der Waals surface area contributed by atoms with Crippen LogP contribution >= 0.6 is 0 Å². The van der Waals surface area contributed by atoms with Gasteiger partial charge in [-0.05, 0) is 45.4 Å². The molecule has 1 heterocycles. The number of nitrogens with one attached hydrogen (secondary N) is 1. The largest absolute Gasteiger partial charge is 0.340 e. The maximum atomic E-state index is 12.7. The Morgan fingerprint density at radius 2 is 1.79 bits per heavy atom. The molecule has 0 bridgehead atoms. The summed E-state index contributed by atoms with van der Waals surface area (Å²) in [5.74, 6) is 0.673. The lowest BCUT2D eigenvalue weighted by Crippen LogP contribution is -2.74. The summed E-state index contributed by atoms with van der Waals surface area (Å²) in [6.45, 7) is 8.36. The van der Waals surface area contributed by atoms with Gasteiger partial charge in [0.2, 0.25) is 11.8 Å². The van der Waals surface area contributed by atoms with Crippen LogP contribution in [-0.2, 0) is 9.59 Å². The third-order valence-corrected chi connectivity index (χ3v) is 4.98. The number of rotatable bonds is 4. The summed E-state index contributed by atoms with van der Waals surface area (Å²) in [7, 11) is 0. The molecule has 2 fully saturated rings. The van der Waals surface area contributed by atoms with Crippen molar-refractivity contribution in [2.45, 2.75) is 70.9 Å². The van der Waals surface area contributed by atoms with Crippen molar-refractivity contribution in [3.8, 4) is 0 Å². The molecule has 19 heavy (non-hydrogen) atoms. The van der Waals surface area contributed by atoms with E-state index in [1.807, 2.05) is 18.7 Å². The van der Waals surface area contributed by atoms with E-state index in [0.717, 1.165) is 6.54 Å². The molecule has 0 aromatic heterocycles. The molecule has 0 spiro atoms. The van der Waals surface area contributed by atoms with Gasteiger partial charge in [0.1, 0.15) is 11.1 Å². The number of hydrogen-bond donors (Lipinski definition) is 1. The van der Waals surface area contributed by atoms with E-state index >= 15 is 0 Å². The summed E-state index contributed by atoms with van der Waals surface area (Å²) >= 11 is 0. The van der Waals surface area contributed by atoms with Crippen LogP contribution in [-0.4, -0.2) is 34.3 Å². The molecule has 0 atom stereocenters. The predicted octanol–water partition coefficient (Wildman–Crippen LogP) is 2.08. The van der Waals surface area contributed by atoms with Gasteiger partial charge in [0.25, 0.3) is 0 Å². The molecule has 0 radical (unpaired) electrons. The second-order valence-electron chi connectivity index (χ2n) is 6.53. The molecular formula is C15H26N2O2. The van der Waals surface area contributed by atoms with E-state index in [1.165, 1.54) is 19.3 Å². The summed E-state index contributed by atoms with van der Waals surface area (Å²) < 4.78 is 0. The standard InChI is InChI=1S/C15H26N2O2/c1-5-15(6-2)12(18)16-14(3,4)13(19)17(15)10-11-8-7-9-11/h11H,5-10H2,1-4H3,(H,16,18). The van der Waals surface area contributed by atoms with Crippen LogP contribution in [0.5, 0.6) is 0 Å². The molecule has 108 valence electrons. The zero-order valence-electron chi connectivity index (χ0n) is 12.6. The highest BCUT2D eigenvalue weighted by Gasteiger charge is 2.53. The van der Waals surface area contributed by atoms with E-state index in [2.05, 4.69) is 5.32 Å². The Bertz CT molecular complexity index is 382. The van der Waals surface area contributed by atoms with Crippen LogP contribution in [0, 0.1) is 5.92 Å². The monoisotopic (exact) mass is 266 g/mol. The summed E-state index contributed by atoms with van der Waals surface area (Å²) in [4.78, 5) is 27.1. The zero-order chi connectivity index (χ0) is 14.3. The molecule has 1 aliphatic carbocycles. The Hall–Kier alpha value is -1.06. The second-order valence-corrected chi connectivity index (χ2v) is 6.53. The summed E-state index contributed by atoms with van der Waals surface area (Å²) in [6.07, 6.45) is 5.01. The van der Waals surface area contributed by atoms with Gasteiger partial charge < -0.3 is 10.2 Å². The van der Waals surface area contributed by atoms with Crippen molar-refractivity contribution in [2.24, 2.45) is 5.92 Å². The van der Waals surface area contributed by atoms with Gasteiger partial charge >= 0.3 is 0 Å². The van der Waals surface area contributed by atoms with Crippen LogP contribution in [0.2, 0.25) is 0 Å². The molecule has 1 saturated carbocycles. The third-order valence-electron chi connectivity index (χ3n) is 4.98. The predicted molar refractivity (Wildman–Crippen MR) is 74.6 cm³/mol. The smallest absolute Gasteiger partial charge is 0.248 e. The molecule has 2 amide bonds. The van der Waals surface area contributed by atoms with Gasteiger partial charge in [-0.25, -0.2) is 0 Å². The first kappa shape index (κ1) is 14.4. The molecule has 0 aromatic carbocycles. The van der Waals surface area contributed by atoms with Crippen LogP contribution < -0.4 is 5.32 Å². The minimum Gasteiger partial charge on any atom is -0.340 e. The quantitative estimate of drug-likeness (QED) is 0.847. The van der Waals surface area contributed by atoms with E-state index in [9.17, 15) is 9.59 Å². The SMILES string of the molecule is CCC1(CC)C(=O)NC(C)(C)C(=O)N1CC1CCC1. The van der Waals surface area contributed by atoms with Crippen molar-refractivity contribution in [3.05, 3.63) is 0 Å². The lowest BCUT2D eigenvalue weighted by atomic mass is 9.79. The van der Waals surface area contributed by atoms with Gasteiger partial charge in [-0.2, -0.15) is 0 Å². The fourth-order valence-corrected chi connectivity index (χ4v) is 3.25. The molecule has 1 aliphatic heterocycles. The number of nitrogens with zero attached hydrogens (tertiary/aromatic N) is 1. The number of hydrogen-bond acceptors (Lipinski definition) is 2. The molecule has 2 aliphatic rings. The average molecular weight is 266 g/mol. The van der Waals surface area contributed by atoms with Crippen molar-refractivity contribution in [1.29, 1.82) is 0 Å². The lowest BCUT2D eigenvalue weighted by Gasteiger charge is -2.52. The first-order valence-corrected chi connectivity index (χ1v) is 7.52. The van der Waals surface area contributed by atoms with Crippen molar-refractivity contribution < 1.29 is 9.59 Å². The van der Waals surface area contributed by atoms with E-state index in [1.54, 1.807) is 13.8 Å². The fourth-order valence-electron chi connectivity index (χ4n) is 3.25. The molecule has 1 N–H and O–H groups in total. The zero-order valence-corrected chi connectivity index (χ0v) is 12.6. The second kappa shape index (κ2) is 4.80. The van der Waals surface area contributed by atoms with Crippen LogP contribution in [0.1, 0.15) is 59.8 Å². The average Bonchev–Trinajstić information content (AvgIpc) is 2.29. The Balaban J connectivity index is 2.32. The molecular weight excluding hydrogens is 240 g/mol. The third kappa shape index (κ3) is 2.15. The Kier molecular flexibility index (Phi) is 3.63. The number of carbonyl (C=O) groups is 2. The molecule has 4 heteroatoms. The highest BCUT2D eigenvalue weighted by Crippen LogP contribution is 2.36. The van der Waals surface area contributed by atoms with Gasteiger partial charge in [0.05, 0.1) is 0 Å². The van der Waals surface area contributed by atoms with Crippen molar-refractivity contribution in [2.75, 3.05) is 6.54 Å². The maximum Gasteiger partial charge on any atom is 0.248 e. The highest BCUT2D eigenvalue weighted by molar-refractivity contribution is 6.01. The fraction of sp³-hybridized carbons (Fsp3) is 0.867. The van der Waals surface area contributed by atoms with Gasteiger partial charge in [0, 0.05) is 6.54 Å². The van der Waals surface area contributed by atoms with E-state index in [0.29, 0.717) is 18.8 Å². The van der Waals surface area contributed by atoms with Crippen molar-refractivity contribution >= 4 is 11.8 Å². The summed E-state index contributed by atoms with van der Waals surface area (Å²) in [6, 6.07) is 0. The minimum absolute atomic E-state index is 0.0152. The van der Waals surface area contributed by atoms with Crippen LogP contribution in [0.25, 0.3) is 0 Å². The highest BCUT2D eigenvalue weighted by atomic mass is 16.2. The first-order chi connectivity index (χ1) is 8.87. The summed E-state index contributed by atoms with van der Waals surface area (Å²) in [5.41, 5.74) is -1.41. The molecule has 0 aromatic rings.